The van der Waals surface area contributed by atoms with Crippen molar-refractivity contribution in [1.29, 1.82) is 0 Å². The lowest BCUT2D eigenvalue weighted by Crippen LogP contribution is -2.32. The fourth-order valence-corrected chi connectivity index (χ4v) is 1.06. The predicted octanol–water partition coefficient (Wildman–Crippen LogP) is -1.16. The third kappa shape index (κ3) is 2.63. The fourth-order valence-electron chi connectivity index (χ4n) is 1.06. The van der Waals surface area contributed by atoms with Crippen molar-refractivity contribution < 1.29 is 9.90 Å². The number of carbonyl (C=O) groups excluding carboxylic acids is 1. The second-order valence-corrected chi connectivity index (χ2v) is 3.13. The van der Waals surface area contributed by atoms with Crippen LogP contribution in [0.5, 0.6) is 0 Å². The summed E-state index contributed by atoms with van der Waals surface area (Å²) in [6, 6.07) is 2.66. The van der Waals surface area contributed by atoms with Crippen LogP contribution in [0.3, 0.4) is 0 Å². The van der Waals surface area contributed by atoms with Crippen LogP contribution in [0.1, 0.15) is 10.5 Å². The second kappa shape index (κ2) is 4.70. The van der Waals surface area contributed by atoms with Gasteiger partial charge in [-0.15, -0.1) is 0 Å². The van der Waals surface area contributed by atoms with Crippen molar-refractivity contribution in [3.63, 3.8) is 0 Å². The van der Waals surface area contributed by atoms with E-state index in [1.54, 1.807) is 7.05 Å². The molecule has 0 atom stereocenters. The van der Waals surface area contributed by atoms with E-state index in [1.165, 1.54) is 24.1 Å². The molecule has 0 bridgehead atoms. The largest absolute Gasteiger partial charge is 0.395 e. The van der Waals surface area contributed by atoms with Crippen LogP contribution in [0, 0.1) is 0 Å². The Morgan fingerprint density at radius 2 is 2.27 bits per heavy atom. The summed E-state index contributed by atoms with van der Waals surface area (Å²) in [5, 5.41) is 12.5. The van der Waals surface area contributed by atoms with E-state index in [2.05, 4.69) is 5.10 Å². The van der Waals surface area contributed by atoms with Gasteiger partial charge < -0.3 is 10.0 Å². The molecule has 0 aliphatic carbocycles. The van der Waals surface area contributed by atoms with Crippen LogP contribution in [0.4, 0.5) is 0 Å². The standard InChI is InChI=1S/C9H13N3O3/c1-11(5-6-13)9(15)7-3-4-8(14)12(2)10-7/h3-4,13H,5-6H2,1-2H3. The first-order valence-electron chi connectivity index (χ1n) is 4.47. The molecule has 1 amide bonds. The van der Waals surface area contributed by atoms with Crippen LogP contribution < -0.4 is 5.56 Å². The molecule has 0 unspecified atom stereocenters. The van der Waals surface area contributed by atoms with Gasteiger partial charge >= 0.3 is 0 Å². The average molecular weight is 211 g/mol. The highest BCUT2D eigenvalue weighted by Crippen LogP contribution is 1.96. The second-order valence-electron chi connectivity index (χ2n) is 3.13. The number of aliphatic hydroxyl groups excluding tert-OH is 1. The van der Waals surface area contributed by atoms with Crippen LogP contribution in [0.25, 0.3) is 0 Å². The van der Waals surface area contributed by atoms with Crippen molar-refractivity contribution >= 4 is 5.91 Å². The highest BCUT2D eigenvalue weighted by molar-refractivity contribution is 5.91. The Bertz CT molecular complexity index is 413. The van der Waals surface area contributed by atoms with E-state index in [9.17, 15) is 9.59 Å². The Labute approximate surface area is 86.8 Å². The molecular formula is C9H13N3O3. The van der Waals surface area contributed by atoms with Crippen LogP contribution >= 0.6 is 0 Å². The molecule has 0 fully saturated rings. The van der Waals surface area contributed by atoms with E-state index in [4.69, 9.17) is 5.11 Å². The normalized spacial score (nSPS) is 10.1. The van der Waals surface area contributed by atoms with Crippen LogP contribution in [-0.2, 0) is 7.05 Å². The van der Waals surface area contributed by atoms with Gasteiger partial charge in [0.2, 0.25) is 0 Å². The van der Waals surface area contributed by atoms with Gasteiger partial charge in [0.05, 0.1) is 6.61 Å². The summed E-state index contributed by atoms with van der Waals surface area (Å²) in [7, 11) is 3.04. The fraction of sp³-hybridized carbons (Fsp3) is 0.444. The number of amides is 1. The SMILES string of the molecule is CN(CCO)C(=O)c1ccc(=O)n(C)n1. The smallest absolute Gasteiger partial charge is 0.274 e. The molecule has 0 spiro atoms. The number of rotatable bonds is 3. The van der Waals surface area contributed by atoms with Crippen molar-refractivity contribution in [2.75, 3.05) is 20.2 Å². The molecule has 0 aliphatic rings. The van der Waals surface area contributed by atoms with Gasteiger partial charge in [0.1, 0.15) is 5.69 Å². The van der Waals surface area contributed by atoms with Crippen LogP contribution in [0.15, 0.2) is 16.9 Å². The zero-order chi connectivity index (χ0) is 11.4. The van der Waals surface area contributed by atoms with E-state index in [0.29, 0.717) is 0 Å². The average Bonchev–Trinajstić information content (AvgIpc) is 2.21. The Morgan fingerprint density at radius 3 is 2.80 bits per heavy atom. The molecule has 6 nitrogen and oxygen atoms in total. The number of nitrogens with zero attached hydrogens (tertiary/aromatic N) is 3. The minimum atomic E-state index is -0.320. The van der Waals surface area contributed by atoms with Crippen LogP contribution in [-0.4, -0.2) is 45.9 Å². The van der Waals surface area contributed by atoms with Crippen molar-refractivity contribution in [1.82, 2.24) is 14.7 Å². The number of aliphatic hydroxyl groups is 1. The number of hydrogen-bond donors (Lipinski definition) is 1. The molecule has 0 aromatic carbocycles. The molecule has 82 valence electrons. The number of aryl methyl sites for hydroxylation is 1. The third-order valence-corrected chi connectivity index (χ3v) is 1.96. The Hall–Kier alpha value is -1.69. The van der Waals surface area contributed by atoms with E-state index < -0.39 is 0 Å². The van der Waals surface area contributed by atoms with Gasteiger partial charge in [0.25, 0.3) is 11.5 Å². The summed E-state index contributed by atoms with van der Waals surface area (Å²) in [6.07, 6.45) is 0. The minimum Gasteiger partial charge on any atom is -0.395 e. The summed E-state index contributed by atoms with van der Waals surface area (Å²) in [6.45, 7) is 0.136. The molecular weight excluding hydrogens is 198 g/mol. The van der Waals surface area contributed by atoms with E-state index in [1.807, 2.05) is 0 Å². The van der Waals surface area contributed by atoms with Crippen molar-refractivity contribution in [2.45, 2.75) is 0 Å². The summed E-state index contributed by atoms with van der Waals surface area (Å²) in [5.41, 5.74) is -0.0792. The first-order chi connectivity index (χ1) is 7.06. The van der Waals surface area contributed by atoms with Crippen molar-refractivity contribution in [3.8, 4) is 0 Å². The maximum atomic E-state index is 11.6. The molecule has 0 saturated carbocycles. The molecule has 1 aromatic heterocycles. The first-order valence-corrected chi connectivity index (χ1v) is 4.47. The quantitative estimate of drug-likeness (QED) is 0.684. The summed E-state index contributed by atoms with van der Waals surface area (Å²) >= 11 is 0. The predicted molar refractivity (Wildman–Crippen MR) is 53.5 cm³/mol. The van der Waals surface area contributed by atoms with Crippen molar-refractivity contribution in [3.05, 3.63) is 28.2 Å². The van der Waals surface area contributed by atoms with Gasteiger partial charge in [-0.25, -0.2) is 4.68 Å². The van der Waals surface area contributed by atoms with Gasteiger partial charge in [0, 0.05) is 26.7 Å². The molecule has 1 heterocycles. The first kappa shape index (κ1) is 11.4. The number of likely N-dealkylation sites (N-methyl/N-ethyl adjacent to an activating group) is 1. The Balaban J connectivity index is 2.92. The van der Waals surface area contributed by atoms with Gasteiger partial charge in [-0.3, -0.25) is 9.59 Å². The Morgan fingerprint density at radius 1 is 1.60 bits per heavy atom. The zero-order valence-electron chi connectivity index (χ0n) is 8.67. The number of hydrogen-bond acceptors (Lipinski definition) is 4. The lowest BCUT2D eigenvalue weighted by atomic mass is 10.3. The molecule has 0 radical (unpaired) electrons. The molecule has 6 heteroatoms. The topological polar surface area (TPSA) is 75.4 Å². The van der Waals surface area contributed by atoms with E-state index >= 15 is 0 Å². The molecule has 0 saturated heterocycles. The lowest BCUT2D eigenvalue weighted by molar-refractivity contribution is 0.0758. The lowest BCUT2D eigenvalue weighted by Gasteiger charge is -2.14. The molecule has 1 aromatic rings. The highest BCUT2D eigenvalue weighted by Gasteiger charge is 2.12. The number of aromatic nitrogens is 2. The molecule has 1 rings (SSSR count). The van der Waals surface area contributed by atoms with Gasteiger partial charge in [-0.1, -0.05) is 0 Å². The van der Waals surface area contributed by atoms with Gasteiger partial charge in [-0.05, 0) is 6.07 Å². The van der Waals surface area contributed by atoms with Gasteiger partial charge in [-0.2, -0.15) is 5.10 Å². The number of carbonyl (C=O) groups is 1. The maximum Gasteiger partial charge on any atom is 0.274 e. The molecule has 0 aliphatic heterocycles. The summed E-state index contributed by atoms with van der Waals surface area (Å²) < 4.78 is 1.10. The summed E-state index contributed by atoms with van der Waals surface area (Å²) in [5.74, 6) is -0.320. The van der Waals surface area contributed by atoms with Crippen LogP contribution in [0.2, 0.25) is 0 Å². The highest BCUT2D eigenvalue weighted by atomic mass is 16.3. The minimum absolute atomic E-state index is 0.103. The van der Waals surface area contributed by atoms with E-state index in [0.717, 1.165) is 4.68 Å². The third-order valence-electron chi connectivity index (χ3n) is 1.96. The molecule has 1 N–H and O–H groups in total. The maximum absolute atomic E-state index is 11.6. The zero-order valence-corrected chi connectivity index (χ0v) is 8.67. The van der Waals surface area contributed by atoms with Gasteiger partial charge in [0.15, 0.2) is 0 Å². The molecule has 15 heavy (non-hydrogen) atoms. The van der Waals surface area contributed by atoms with E-state index in [-0.39, 0.29) is 30.3 Å². The monoisotopic (exact) mass is 211 g/mol. The van der Waals surface area contributed by atoms with Crippen molar-refractivity contribution in [2.24, 2.45) is 7.05 Å². The summed E-state index contributed by atoms with van der Waals surface area (Å²) in [4.78, 5) is 24.0. The Kier molecular flexibility index (Phi) is 3.56.